The van der Waals surface area contributed by atoms with Crippen molar-refractivity contribution in [2.45, 2.75) is 18.2 Å². The third-order valence-corrected chi connectivity index (χ3v) is 3.29. The van der Waals surface area contributed by atoms with E-state index in [1.807, 2.05) is 0 Å². The number of amides is 1. The maximum atomic E-state index is 12.0. The molecule has 1 aliphatic carbocycles. The molecule has 4 N–H and O–H groups in total. The van der Waals surface area contributed by atoms with Crippen molar-refractivity contribution in [3.8, 4) is 5.75 Å². The van der Waals surface area contributed by atoms with Crippen LogP contribution in [-0.4, -0.2) is 40.1 Å². The fraction of sp³-hybridized carbons (Fsp3) is 0.231. The van der Waals surface area contributed by atoms with Crippen LogP contribution in [0.3, 0.4) is 0 Å². The maximum Gasteiger partial charge on any atom is 0.259 e. The first-order chi connectivity index (χ1) is 9.08. The summed E-state index contributed by atoms with van der Waals surface area (Å²) in [7, 11) is 0. The van der Waals surface area contributed by atoms with Gasteiger partial charge in [0, 0.05) is 6.08 Å². The van der Waals surface area contributed by atoms with Gasteiger partial charge in [0.25, 0.3) is 5.91 Å². The van der Waals surface area contributed by atoms with Crippen molar-refractivity contribution in [3.05, 3.63) is 41.6 Å². The zero-order valence-corrected chi connectivity index (χ0v) is 9.83. The fourth-order valence-corrected chi connectivity index (χ4v) is 2.18. The second-order valence-electron chi connectivity index (χ2n) is 4.59. The van der Waals surface area contributed by atoms with Crippen LogP contribution in [0.15, 0.2) is 36.0 Å². The lowest BCUT2D eigenvalue weighted by Crippen LogP contribution is -2.37. The minimum Gasteiger partial charge on any atom is -0.507 e. The minimum absolute atomic E-state index is 0.0916. The van der Waals surface area contributed by atoms with Gasteiger partial charge in [-0.2, -0.15) is 0 Å². The second kappa shape index (κ2) is 4.18. The summed E-state index contributed by atoms with van der Waals surface area (Å²) in [6, 6.07) is 5.41. The Morgan fingerprint density at radius 1 is 1.32 bits per heavy atom. The number of hydrogen-bond acceptors (Lipinski definition) is 5. The van der Waals surface area contributed by atoms with Gasteiger partial charge in [-0.3, -0.25) is 14.9 Å². The zero-order valence-electron chi connectivity index (χ0n) is 9.83. The summed E-state index contributed by atoms with van der Waals surface area (Å²) in [6.07, 6.45) is 0.307. The van der Waals surface area contributed by atoms with Crippen LogP contribution in [0.4, 0.5) is 0 Å². The average molecular weight is 260 g/mol. The smallest absolute Gasteiger partial charge is 0.259 e. The molecule has 0 radical (unpaired) electrons. The molecule has 1 heterocycles. The lowest BCUT2D eigenvalue weighted by Gasteiger charge is -2.18. The Hall–Kier alpha value is -2.18. The molecular formula is C13H12N2O4. The molecule has 2 aliphatic rings. The molecular weight excluding hydrogens is 248 g/mol. The summed E-state index contributed by atoms with van der Waals surface area (Å²) in [5.41, 5.74) is 0.249. The largest absolute Gasteiger partial charge is 0.507 e. The highest BCUT2D eigenvalue weighted by Crippen LogP contribution is 2.26. The summed E-state index contributed by atoms with van der Waals surface area (Å²) in [4.78, 5) is 23.5. The van der Waals surface area contributed by atoms with E-state index < -0.39 is 12.0 Å². The second-order valence-corrected chi connectivity index (χ2v) is 4.59. The van der Waals surface area contributed by atoms with Crippen molar-refractivity contribution in [2.24, 2.45) is 0 Å². The lowest BCUT2D eigenvalue weighted by molar-refractivity contribution is -0.114. The van der Waals surface area contributed by atoms with Crippen LogP contribution in [0.5, 0.6) is 5.75 Å². The van der Waals surface area contributed by atoms with E-state index in [1.165, 1.54) is 18.2 Å². The highest BCUT2D eigenvalue weighted by atomic mass is 16.3. The number of aromatic hydroxyl groups is 1. The van der Waals surface area contributed by atoms with Crippen LogP contribution < -0.4 is 10.6 Å². The first-order valence-electron chi connectivity index (χ1n) is 5.87. The Morgan fingerprint density at radius 3 is 2.79 bits per heavy atom. The van der Waals surface area contributed by atoms with E-state index in [1.54, 1.807) is 12.1 Å². The van der Waals surface area contributed by atoms with Gasteiger partial charge >= 0.3 is 0 Å². The first-order valence-corrected chi connectivity index (χ1v) is 5.87. The van der Waals surface area contributed by atoms with Gasteiger partial charge in [-0.15, -0.1) is 0 Å². The standard InChI is InChI=1S/C13H12N2O4/c16-8-4-2-1-3-6(8)13(19)14-7-5-9(17)10-11(15-10)12(7)18/h1-5,10-12,15-16,18H,(H,14,19). The summed E-state index contributed by atoms with van der Waals surface area (Å²) < 4.78 is 0. The summed E-state index contributed by atoms with van der Waals surface area (Å²) in [6.45, 7) is 0. The number of ketones is 1. The monoisotopic (exact) mass is 260 g/mol. The normalized spacial score (nSPS) is 28.4. The Balaban J connectivity index is 1.80. The van der Waals surface area contributed by atoms with Crippen LogP contribution in [0, 0.1) is 0 Å². The number of aliphatic hydroxyl groups excluding tert-OH is 1. The summed E-state index contributed by atoms with van der Waals surface area (Å²) >= 11 is 0. The third kappa shape index (κ3) is 2.00. The molecule has 3 atom stereocenters. The number of fused-ring (bicyclic) bond motifs is 1. The maximum absolute atomic E-state index is 12.0. The summed E-state index contributed by atoms with van der Waals surface area (Å²) in [5, 5.41) is 24.8. The molecule has 1 amide bonds. The van der Waals surface area contributed by atoms with Gasteiger partial charge in [-0.05, 0) is 12.1 Å². The van der Waals surface area contributed by atoms with Gasteiger partial charge in [0.2, 0.25) is 0 Å². The highest BCUT2D eigenvalue weighted by molar-refractivity contribution is 6.02. The number of phenolic OH excluding ortho intramolecular Hbond substituents is 1. The van der Waals surface area contributed by atoms with Crippen molar-refractivity contribution in [1.29, 1.82) is 0 Å². The Labute approximate surface area is 108 Å². The molecule has 0 saturated carbocycles. The number of benzene rings is 1. The zero-order chi connectivity index (χ0) is 13.6. The SMILES string of the molecule is O=C(NC1=CC(=O)C2NC2C1O)c1ccccc1O. The fourth-order valence-electron chi connectivity index (χ4n) is 2.18. The van der Waals surface area contributed by atoms with E-state index in [-0.39, 0.29) is 34.9 Å². The molecule has 6 nitrogen and oxygen atoms in total. The Morgan fingerprint density at radius 2 is 2.05 bits per heavy atom. The predicted molar refractivity (Wildman–Crippen MR) is 65.4 cm³/mol. The molecule has 6 heteroatoms. The van der Waals surface area contributed by atoms with E-state index in [0.717, 1.165) is 0 Å². The number of aliphatic hydroxyl groups is 1. The molecule has 1 aliphatic heterocycles. The van der Waals surface area contributed by atoms with Crippen LogP contribution in [0.2, 0.25) is 0 Å². The van der Waals surface area contributed by atoms with Gasteiger partial charge in [-0.1, -0.05) is 12.1 Å². The molecule has 0 spiro atoms. The molecule has 3 rings (SSSR count). The van der Waals surface area contributed by atoms with E-state index in [2.05, 4.69) is 10.6 Å². The van der Waals surface area contributed by atoms with E-state index in [0.29, 0.717) is 0 Å². The molecule has 1 aromatic rings. The highest BCUT2D eigenvalue weighted by Gasteiger charge is 2.50. The van der Waals surface area contributed by atoms with E-state index >= 15 is 0 Å². The molecule has 0 bridgehead atoms. The van der Waals surface area contributed by atoms with Crippen LogP contribution in [-0.2, 0) is 4.79 Å². The van der Waals surface area contributed by atoms with Crippen LogP contribution in [0.25, 0.3) is 0 Å². The van der Waals surface area contributed by atoms with E-state index in [4.69, 9.17) is 0 Å². The number of hydrogen-bond donors (Lipinski definition) is 4. The number of para-hydroxylation sites is 1. The Bertz CT molecular complexity index is 596. The molecule has 98 valence electrons. The predicted octanol–water partition coefficient (Wildman–Crippen LogP) is -0.710. The number of rotatable bonds is 2. The van der Waals surface area contributed by atoms with Gasteiger partial charge in [0.05, 0.1) is 23.3 Å². The van der Waals surface area contributed by atoms with Crippen LogP contribution >= 0.6 is 0 Å². The number of carbonyl (C=O) groups is 2. The van der Waals surface area contributed by atoms with Crippen molar-refractivity contribution in [3.63, 3.8) is 0 Å². The molecule has 1 fully saturated rings. The summed E-state index contributed by atoms with van der Waals surface area (Å²) in [5.74, 6) is -0.877. The minimum atomic E-state index is -0.919. The lowest BCUT2D eigenvalue weighted by atomic mass is 10.0. The van der Waals surface area contributed by atoms with Crippen molar-refractivity contribution >= 4 is 11.7 Å². The quantitative estimate of drug-likeness (QED) is 0.525. The van der Waals surface area contributed by atoms with Crippen molar-refractivity contribution < 1.29 is 19.8 Å². The molecule has 1 aromatic carbocycles. The molecule has 0 aromatic heterocycles. The van der Waals surface area contributed by atoms with E-state index in [9.17, 15) is 19.8 Å². The number of phenols is 1. The van der Waals surface area contributed by atoms with Gasteiger partial charge in [0.15, 0.2) is 5.78 Å². The van der Waals surface area contributed by atoms with Crippen LogP contribution in [0.1, 0.15) is 10.4 Å². The third-order valence-electron chi connectivity index (χ3n) is 3.29. The average Bonchev–Trinajstić information content (AvgIpc) is 3.17. The topological polar surface area (TPSA) is 109 Å². The first kappa shape index (κ1) is 11.9. The van der Waals surface area contributed by atoms with Crippen molar-refractivity contribution in [1.82, 2.24) is 10.6 Å². The van der Waals surface area contributed by atoms with Gasteiger partial charge in [0.1, 0.15) is 11.9 Å². The molecule has 1 saturated heterocycles. The van der Waals surface area contributed by atoms with Gasteiger partial charge < -0.3 is 15.5 Å². The number of carbonyl (C=O) groups excluding carboxylic acids is 2. The number of nitrogens with one attached hydrogen (secondary N) is 2. The molecule has 19 heavy (non-hydrogen) atoms. The Kier molecular flexibility index (Phi) is 2.62. The molecule has 3 unspecified atom stereocenters. The van der Waals surface area contributed by atoms with Crippen molar-refractivity contribution in [2.75, 3.05) is 0 Å². The van der Waals surface area contributed by atoms with Gasteiger partial charge in [-0.25, -0.2) is 0 Å².